The number of carboxylic acid groups (broad SMARTS) is 1. The van der Waals surface area contributed by atoms with Crippen LogP contribution in [0.1, 0.15) is 10.5 Å². The third kappa shape index (κ3) is 1.26. The summed E-state index contributed by atoms with van der Waals surface area (Å²) in [6.45, 7) is 0. The molecular weight excluding hydrogens is 184 g/mol. The molecule has 0 saturated carbocycles. The number of hydrogen-bond acceptors (Lipinski definition) is 3. The number of H-pyrrole nitrogens is 1. The van der Waals surface area contributed by atoms with E-state index in [1.807, 2.05) is 7.05 Å². The smallest absolute Gasteiger partial charge is 0.353 e. The van der Waals surface area contributed by atoms with Gasteiger partial charge in [0, 0.05) is 13.1 Å². The minimum atomic E-state index is -1.02. The molecular formula is C8H8N4O2. The average molecular weight is 192 g/mol. The van der Waals surface area contributed by atoms with Crippen molar-refractivity contribution in [2.45, 2.75) is 0 Å². The number of aromatic carboxylic acids is 1. The van der Waals surface area contributed by atoms with Crippen LogP contribution in [0.4, 0.5) is 0 Å². The van der Waals surface area contributed by atoms with Gasteiger partial charge in [-0.05, 0) is 0 Å². The number of rotatable bonds is 2. The number of aromatic amines is 1. The Morgan fingerprint density at radius 3 is 2.93 bits per heavy atom. The van der Waals surface area contributed by atoms with Gasteiger partial charge in [0.05, 0.1) is 18.2 Å². The predicted molar refractivity (Wildman–Crippen MR) is 47.7 cm³/mol. The number of aromatic nitrogens is 4. The zero-order valence-electron chi connectivity index (χ0n) is 7.43. The lowest BCUT2D eigenvalue weighted by molar-refractivity contribution is 0.0690. The minimum absolute atomic E-state index is 0.0706. The quantitative estimate of drug-likeness (QED) is 0.726. The van der Waals surface area contributed by atoms with Crippen LogP contribution in [0.15, 0.2) is 18.6 Å². The molecule has 2 aromatic heterocycles. The summed E-state index contributed by atoms with van der Waals surface area (Å²) < 4.78 is 1.77. The number of nitrogens with zero attached hydrogens (tertiary/aromatic N) is 3. The first kappa shape index (κ1) is 8.49. The topological polar surface area (TPSA) is 83.8 Å². The number of nitrogens with one attached hydrogen (secondary N) is 1. The van der Waals surface area contributed by atoms with Crippen LogP contribution in [0.5, 0.6) is 0 Å². The fraction of sp³-hybridized carbons (Fsp3) is 0.125. The highest BCUT2D eigenvalue weighted by Gasteiger charge is 2.10. The molecule has 14 heavy (non-hydrogen) atoms. The molecule has 2 heterocycles. The van der Waals surface area contributed by atoms with Gasteiger partial charge in [-0.2, -0.15) is 5.10 Å². The van der Waals surface area contributed by atoms with Gasteiger partial charge in [-0.1, -0.05) is 0 Å². The van der Waals surface area contributed by atoms with Crippen LogP contribution in [0.3, 0.4) is 0 Å². The number of imidazole rings is 1. The zero-order valence-corrected chi connectivity index (χ0v) is 7.43. The van der Waals surface area contributed by atoms with Crippen molar-refractivity contribution >= 4 is 5.97 Å². The molecule has 6 heteroatoms. The summed E-state index contributed by atoms with van der Waals surface area (Å²) in [6.07, 6.45) is 3.26. The van der Waals surface area contributed by atoms with Gasteiger partial charge in [-0.25, -0.2) is 9.78 Å². The maximum absolute atomic E-state index is 10.6. The molecule has 0 aliphatic rings. The Hall–Kier alpha value is -2.11. The summed E-state index contributed by atoms with van der Waals surface area (Å²) >= 11 is 0. The Bertz CT molecular complexity index is 471. The normalized spacial score (nSPS) is 10.4. The lowest BCUT2D eigenvalue weighted by Gasteiger charge is -1.94. The largest absolute Gasteiger partial charge is 0.477 e. The van der Waals surface area contributed by atoms with E-state index in [0.29, 0.717) is 5.69 Å². The molecule has 0 radical (unpaired) electrons. The molecule has 0 bridgehead atoms. The van der Waals surface area contributed by atoms with Crippen molar-refractivity contribution in [1.29, 1.82) is 0 Å². The number of carboxylic acids is 1. The third-order valence-electron chi connectivity index (χ3n) is 1.89. The summed E-state index contributed by atoms with van der Waals surface area (Å²) in [6, 6.07) is 1.47. The lowest BCUT2D eigenvalue weighted by Crippen LogP contribution is -1.95. The monoisotopic (exact) mass is 192 g/mol. The van der Waals surface area contributed by atoms with Crippen molar-refractivity contribution in [2.24, 2.45) is 7.05 Å². The standard InChI is InChI=1S/C8H8N4O2/c1-12-4-9-3-7(12)5-2-6(8(13)14)11-10-5/h2-4H,1H3,(H,10,11)(H,13,14). The Morgan fingerprint density at radius 1 is 1.64 bits per heavy atom. The molecule has 72 valence electrons. The molecule has 0 atom stereocenters. The summed E-state index contributed by atoms with van der Waals surface area (Å²) in [4.78, 5) is 14.5. The summed E-state index contributed by atoms with van der Waals surface area (Å²) in [7, 11) is 1.82. The Labute approximate surface area is 79.2 Å². The minimum Gasteiger partial charge on any atom is -0.477 e. The second kappa shape index (κ2) is 2.99. The third-order valence-corrected chi connectivity index (χ3v) is 1.89. The molecule has 2 aromatic rings. The molecule has 0 fully saturated rings. The van der Waals surface area contributed by atoms with Crippen LogP contribution in [-0.4, -0.2) is 30.8 Å². The summed E-state index contributed by atoms with van der Waals surface area (Å²) in [5.41, 5.74) is 1.41. The van der Waals surface area contributed by atoms with E-state index in [9.17, 15) is 4.79 Å². The van der Waals surface area contributed by atoms with Gasteiger partial charge >= 0.3 is 5.97 Å². The molecule has 2 N–H and O–H groups in total. The molecule has 6 nitrogen and oxygen atoms in total. The fourth-order valence-corrected chi connectivity index (χ4v) is 1.17. The van der Waals surface area contributed by atoms with Crippen LogP contribution in [0.2, 0.25) is 0 Å². The van der Waals surface area contributed by atoms with Gasteiger partial charge < -0.3 is 9.67 Å². The van der Waals surface area contributed by atoms with Gasteiger partial charge in [-0.15, -0.1) is 0 Å². The van der Waals surface area contributed by atoms with Crippen LogP contribution in [0, 0.1) is 0 Å². The Kier molecular flexibility index (Phi) is 1.81. The van der Waals surface area contributed by atoms with Crippen LogP contribution in [-0.2, 0) is 7.05 Å². The molecule has 0 aliphatic carbocycles. The Morgan fingerprint density at radius 2 is 2.43 bits per heavy atom. The van der Waals surface area contributed by atoms with Crippen LogP contribution < -0.4 is 0 Å². The second-order valence-electron chi connectivity index (χ2n) is 2.86. The van der Waals surface area contributed by atoms with Gasteiger partial charge in [0.1, 0.15) is 11.4 Å². The van der Waals surface area contributed by atoms with E-state index in [1.54, 1.807) is 17.1 Å². The number of carbonyl (C=O) groups is 1. The zero-order chi connectivity index (χ0) is 10.1. The number of hydrogen-bond donors (Lipinski definition) is 2. The van der Waals surface area contributed by atoms with Crippen molar-refractivity contribution in [1.82, 2.24) is 19.7 Å². The van der Waals surface area contributed by atoms with Gasteiger partial charge in [0.2, 0.25) is 0 Å². The van der Waals surface area contributed by atoms with E-state index in [4.69, 9.17) is 5.11 Å². The highest BCUT2D eigenvalue weighted by Crippen LogP contribution is 2.15. The first-order valence-corrected chi connectivity index (χ1v) is 3.94. The highest BCUT2D eigenvalue weighted by molar-refractivity contribution is 5.86. The van der Waals surface area contributed by atoms with Crippen molar-refractivity contribution in [3.63, 3.8) is 0 Å². The van der Waals surface area contributed by atoms with E-state index in [1.165, 1.54) is 6.07 Å². The maximum atomic E-state index is 10.6. The van der Waals surface area contributed by atoms with Crippen molar-refractivity contribution in [3.8, 4) is 11.4 Å². The van der Waals surface area contributed by atoms with E-state index in [2.05, 4.69) is 15.2 Å². The van der Waals surface area contributed by atoms with Crippen molar-refractivity contribution < 1.29 is 9.90 Å². The van der Waals surface area contributed by atoms with Gasteiger partial charge in [-0.3, -0.25) is 5.10 Å². The average Bonchev–Trinajstić information content (AvgIpc) is 2.71. The number of aryl methyl sites for hydroxylation is 1. The highest BCUT2D eigenvalue weighted by atomic mass is 16.4. The molecule has 0 amide bonds. The van der Waals surface area contributed by atoms with E-state index in [-0.39, 0.29) is 5.69 Å². The molecule has 2 rings (SSSR count). The summed E-state index contributed by atoms with van der Waals surface area (Å²) in [5, 5.41) is 15.0. The first-order valence-electron chi connectivity index (χ1n) is 3.94. The molecule has 0 unspecified atom stereocenters. The molecule has 0 spiro atoms. The predicted octanol–water partition coefficient (Wildman–Crippen LogP) is 0.508. The van der Waals surface area contributed by atoms with Crippen molar-refractivity contribution in [2.75, 3.05) is 0 Å². The summed E-state index contributed by atoms with van der Waals surface area (Å²) in [5.74, 6) is -1.02. The lowest BCUT2D eigenvalue weighted by atomic mass is 10.3. The van der Waals surface area contributed by atoms with Crippen LogP contribution >= 0.6 is 0 Å². The van der Waals surface area contributed by atoms with Gasteiger partial charge in [0.25, 0.3) is 0 Å². The van der Waals surface area contributed by atoms with Crippen molar-refractivity contribution in [3.05, 3.63) is 24.3 Å². The van der Waals surface area contributed by atoms with E-state index in [0.717, 1.165) is 5.69 Å². The Balaban J connectivity index is 2.43. The molecule has 0 saturated heterocycles. The first-order chi connectivity index (χ1) is 6.68. The fourth-order valence-electron chi connectivity index (χ4n) is 1.17. The van der Waals surface area contributed by atoms with E-state index < -0.39 is 5.97 Å². The van der Waals surface area contributed by atoms with Crippen LogP contribution in [0.25, 0.3) is 11.4 Å². The SMILES string of the molecule is Cn1cncc1-c1cc(C(=O)O)[nH]n1. The van der Waals surface area contributed by atoms with E-state index >= 15 is 0 Å². The second-order valence-corrected chi connectivity index (χ2v) is 2.86. The van der Waals surface area contributed by atoms with Gasteiger partial charge in [0.15, 0.2) is 0 Å². The molecule has 0 aromatic carbocycles. The molecule has 0 aliphatic heterocycles. The maximum Gasteiger partial charge on any atom is 0.353 e.